The molecule has 1 aromatic heterocycles. The van der Waals surface area contributed by atoms with E-state index >= 15 is 0 Å². The molecule has 16 heavy (non-hydrogen) atoms. The summed E-state index contributed by atoms with van der Waals surface area (Å²) in [4.78, 5) is 18.6. The second-order valence-corrected chi connectivity index (χ2v) is 4.27. The molecule has 0 aliphatic heterocycles. The fraction of sp³-hybridized carbons (Fsp3) is 0.333. The molecule has 0 aliphatic rings. The topological polar surface area (TPSA) is 45.8 Å². The molecule has 4 heteroatoms. The Morgan fingerprint density at radius 2 is 2.19 bits per heavy atom. The molecule has 0 radical (unpaired) electrons. The third-order valence-corrected chi connectivity index (χ3v) is 2.32. The van der Waals surface area contributed by atoms with Gasteiger partial charge in [-0.3, -0.25) is 4.79 Å². The summed E-state index contributed by atoms with van der Waals surface area (Å²) in [5, 5.41) is 0.299. The lowest BCUT2D eigenvalue weighted by atomic mass is 10.1. The fourth-order valence-electron chi connectivity index (χ4n) is 1.64. The van der Waals surface area contributed by atoms with Crippen molar-refractivity contribution in [3.8, 4) is 0 Å². The van der Waals surface area contributed by atoms with Gasteiger partial charge in [-0.2, -0.15) is 0 Å². The predicted octanol–water partition coefficient (Wildman–Crippen LogP) is 2.26. The van der Waals surface area contributed by atoms with Crippen LogP contribution in [-0.4, -0.2) is 9.97 Å². The Balaban J connectivity index is 2.59. The van der Waals surface area contributed by atoms with Gasteiger partial charge in [-0.15, -0.1) is 0 Å². The zero-order valence-corrected chi connectivity index (χ0v) is 9.25. The Labute approximate surface area is 92.3 Å². The van der Waals surface area contributed by atoms with Crippen molar-refractivity contribution in [1.82, 2.24) is 9.97 Å². The lowest BCUT2D eigenvalue weighted by Gasteiger charge is -2.05. The van der Waals surface area contributed by atoms with Crippen molar-refractivity contribution < 1.29 is 4.39 Å². The minimum absolute atomic E-state index is 0.278. The second kappa shape index (κ2) is 4.04. The fourth-order valence-corrected chi connectivity index (χ4v) is 1.64. The van der Waals surface area contributed by atoms with Crippen LogP contribution in [0.3, 0.4) is 0 Å². The molecule has 1 heterocycles. The number of nitrogens with one attached hydrogen (secondary N) is 1. The number of halogens is 1. The first-order valence-corrected chi connectivity index (χ1v) is 5.24. The molecule has 0 aliphatic carbocycles. The number of rotatable bonds is 2. The summed E-state index contributed by atoms with van der Waals surface area (Å²) in [6.45, 7) is 4.10. The molecule has 0 bridgehead atoms. The van der Waals surface area contributed by atoms with Gasteiger partial charge in [0.25, 0.3) is 5.56 Å². The first kappa shape index (κ1) is 10.8. The van der Waals surface area contributed by atoms with E-state index in [1.54, 1.807) is 0 Å². The maximum atomic E-state index is 12.9. The van der Waals surface area contributed by atoms with Crippen LogP contribution in [0.1, 0.15) is 19.7 Å². The number of aromatic amines is 1. The van der Waals surface area contributed by atoms with Crippen LogP contribution in [0.4, 0.5) is 4.39 Å². The Morgan fingerprint density at radius 1 is 1.44 bits per heavy atom. The van der Waals surface area contributed by atoms with E-state index in [9.17, 15) is 9.18 Å². The van der Waals surface area contributed by atoms with Crippen molar-refractivity contribution in [1.29, 1.82) is 0 Å². The average molecular weight is 220 g/mol. The third-order valence-electron chi connectivity index (χ3n) is 2.32. The molecular formula is C12H13FN2O. The quantitative estimate of drug-likeness (QED) is 0.843. The molecule has 2 rings (SSSR count). The van der Waals surface area contributed by atoms with E-state index in [4.69, 9.17) is 0 Å². The number of hydrogen-bond acceptors (Lipinski definition) is 2. The van der Waals surface area contributed by atoms with Crippen LogP contribution in [0.5, 0.6) is 0 Å². The van der Waals surface area contributed by atoms with Gasteiger partial charge in [-0.05, 0) is 24.1 Å². The Hall–Kier alpha value is -1.71. The number of aromatic nitrogens is 2. The van der Waals surface area contributed by atoms with Crippen molar-refractivity contribution >= 4 is 10.9 Å². The second-order valence-electron chi connectivity index (χ2n) is 4.27. The number of benzene rings is 1. The van der Waals surface area contributed by atoms with E-state index in [1.807, 2.05) is 0 Å². The van der Waals surface area contributed by atoms with Crippen LogP contribution in [0.15, 0.2) is 23.0 Å². The molecule has 2 aromatic rings. The van der Waals surface area contributed by atoms with Gasteiger partial charge >= 0.3 is 0 Å². The van der Waals surface area contributed by atoms with Gasteiger partial charge in [0.05, 0.1) is 10.9 Å². The van der Waals surface area contributed by atoms with Crippen LogP contribution in [0, 0.1) is 11.7 Å². The van der Waals surface area contributed by atoms with Crippen molar-refractivity contribution in [2.45, 2.75) is 20.3 Å². The monoisotopic (exact) mass is 220 g/mol. The summed E-state index contributed by atoms with van der Waals surface area (Å²) in [5.74, 6) is 0.650. The van der Waals surface area contributed by atoms with Gasteiger partial charge in [0.15, 0.2) is 0 Å². The van der Waals surface area contributed by atoms with Gasteiger partial charge in [-0.25, -0.2) is 9.37 Å². The highest BCUT2D eigenvalue weighted by molar-refractivity contribution is 5.77. The molecule has 1 aromatic carbocycles. The third kappa shape index (κ3) is 2.10. The maximum Gasteiger partial charge on any atom is 0.258 e. The zero-order valence-electron chi connectivity index (χ0n) is 9.25. The van der Waals surface area contributed by atoms with Gasteiger partial charge < -0.3 is 4.98 Å². The summed E-state index contributed by atoms with van der Waals surface area (Å²) in [6.07, 6.45) is 0.711. The first-order chi connectivity index (χ1) is 7.56. The molecule has 0 amide bonds. The van der Waals surface area contributed by atoms with Gasteiger partial charge in [0, 0.05) is 6.42 Å². The highest BCUT2D eigenvalue weighted by atomic mass is 19.1. The number of hydrogen-bond donors (Lipinski definition) is 1. The maximum absolute atomic E-state index is 12.9. The first-order valence-electron chi connectivity index (χ1n) is 5.24. The Bertz CT molecular complexity index is 575. The van der Waals surface area contributed by atoms with Gasteiger partial charge in [0.2, 0.25) is 0 Å². The molecule has 1 N–H and O–H groups in total. The van der Waals surface area contributed by atoms with Crippen LogP contribution in [-0.2, 0) is 6.42 Å². The molecular weight excluding hydrogens is 207 g/mol. The highest BCUT2D eigenvalue weighted by Crippen LogP contribution is 2.10. The predicted molar refractivity (Wildman–Crippen MR) is 60.9 cm³/mol. The number of H-pyrrole nitrogens is 1. The molecule has 0 unspecified atom stereocenters. The zero-order chi connectivity index (χ0) is 11.7. The van der Waals surface area contributed by atoms with Crippen molar-refractivity contribution in [3.05, 3.63) is 40.2 Å². The normalized spacial score (nSPS) is 11.2. The average Bonchev–Trinajstić information content (AvgIpc) is 2.18. The van der Waals surface area contributed by atoms with E-state index in [-0.39, 0.29) is 5.56 Å². The van der Waals surface area contributed by atoms with Crippen molar-refractivity contribution in [2.75, 3.05) is 0 Å². The van der Waals surface area contributed by atoms with Gasteiger partial charge in [-0.1, -0.05) is 13.8 Å². The minimum Gasteiger partial charge on any atom is -0.310 e. The Morgan fingerprint density at radius 3 is 2.88 bits per heavy atom. The van der Waals surface area contributed by atoms with E-state index in [1.165, 1.54) is 18.2 Å². The molecule has 0 saturated carbocycles. The lowest BCUT2D eigenvalue weighted by molar-refractivity contribution is 0.619. The number of fused-ring (bicyclic) bond motifs is 1. The van der Waals surface area contributed by atoms with Gasteiger partial charge in [0.1, 0.15) is 11.6 Å². The van der Waals surface area contributed by atoms with E-state index < -0.39 is 5.82 Å². The molecule has 0 saturated heterocycles. The summed E-state index contributed by atoms with van der Waals surface area (Å²) in [6, 6.07) is 4.05. The van der Waals surface area contributed by atoms with Crippen molar-refractivity contribution in [2.24, 2.45) is 5.92 Å². The molecule has 3 nitrogen and oxygen atoms in total. The Kier molecular flexibility index (Phi) is 2.73. The summed E-state index contributed by atoms with van der Waals surface area (Å²) in [5.41, 5.74) is 0.265. The lowest BCUT2D eigenvalue weighted by Crippen LogP contribution is -2.13. The van der Waals surface area contributed by atoms with E-state index in [0.717, 1.165) is 0 Å². The van der Waals surface area contributed by atoms with Crippen molar-refractivity contribution in [3.63, 3.8) is 0 Å². The minimum atomic E-state index is -0.420. The van der Waals surface area contributed by atoms with E-state index in [2.05, 4.69) is 23.8 Å². The summed E-state index contributed by atoms with van der Waals surface area (Å²) >= 11 is 0. The molecule has 0 fully saturated rings. The molecule has 84 valence electrons. The van der Waals surface area contributed by atoms with E-state index in [0.29, 0.717) is 29.1 Å². The smallest absolute Gasteiger partial charge is 0.258 e. The SMILES string of the molecule is CC(C)Cc1nc2ccc(F)cc2c(=O)[nH]1. The summed E-state index contributed by atoms with van der Waals surface area (Å²) < 4.78 is 12.9. The number of nitrogens with zero attached hydrogens (tertiary/aromatic N) is 1. The largest absolute Gasteiger partial charge is 0.310 e. The van der Waals surface area contributed by atoms with Crippen LogP contribution in [0.2, 0.25) is 0 Å². The van der Waals surface area contributed by atoms with Crippen LogP contribution < -0.4 is 5.56 Å². The highest BCUT2D eigenvalue weighted by Gasteiger charge is 2.06. The van der Waals surface area contributed by atoms with Crippen LogP contribution >= 0.6 is 0 Å². The standard InChI is InChI=1S/C12H13FN2O/c1-7(2)5-11-14-10-4-3-8(13)6-9(10)12(16)15-11/h3-4,6-7H,5H2,1-2H3,(H,14,15,16). The molecule has 0 spiro atoms. The van der Waals surface area contributed by atoms with Crippen LogP contribution in [0.25, 0.3) is 10.9 Å². The molecule has 0 atom stereocenters. The summed E-state index contributed by atoms with van der Waals surface area (Å²) in [7, 11) is 0.